The molecule has 0 radical (unpaired) electrons. The number of benzene rings is 3. The molecular formula is C22H14O2. The Morgan fingerprint density at radius 3 is 1.83 bits per heavy atom. The first-order valence-corrected chi connectivity index (χ1v) is 7.79. The molecule has 0 N–H and O–H groups in total. The minimum Gasteiger partial charge on any atom is -0.289 e. The molecule has 0 bridgehead atoms. The van der Waals surface area contributed by atoms with Gasteiger partial charge in [0.15, 0.2) is 11.6 Å². The maximum Gasteiger partial charge on any atom is 0.194 e. The standard InChI is InChI=1S/C22H14O2/c23-21-14-19(16-9-5-2-6-10-16)22(24)18-12-11-17(13-20(18)21)15-7-3-1-4-8-15/h1-14H. The summed E-state index contributed by atoms with van der Waals surface area (Å²) in [6.07, 6.45) is 1.45. The predicted molar refractivity (Wildman–Crippen MR) is 95.0 cm³/mol. The molecule has 2 heteroatoms. The Kier molecular flexibility index (Phi) is 3.43. The molecule has 0 saturated carbocycles. The summed E-state index contributed by atoms with van der Waals surface area (Å²) < 4.78 is 0. The molecule has 0 unspecified atom stereocenters. The summed E-state index contributed by atoms with van der Waals surface area (Å²) in [5.41, 5.74) is 4.14. The van der Waals surface area contributed by atoms with Gasteiger partial charge in [-0.25, -0.2) is 0 Å². The van der Waals surface area contributed by atoms with Crippen molar-refractivity contribution in [1.29, 1.82) is 0 Å². The van der Waals surface area contributed by atoms with Crippen LogP contribution in [0.4, 0.5) is 0 Å². The van der Waals surface area contributed by atoms with Gasteiger partial charge >= 0.3 is 0 Å². The first-order valence-electron chi connectivity index (χ1n) is 7.79. The number of ketones is 2. The average Bonchev–Trinajstić information content (AvgIpc) is 2.66. The zero-order valence-corrected chi connectivity index (χ0v) is 12.9. The van der Waals surface area contributed by atoms with Crippen molar-refractivity contribution in [3.8, 4) is 11.1 Å². The van der Waals surface area contributed by atoms with Crippen LogP contribution in [0.25, 0.3) is 16.7 Å². The molecule has 0 saturated heterocycles. The van der Waals surface area contributed by atoms with Crippen molar-refractivity contribution >= 4 is 17.1 Å². The van der Waals surface area contributed by atoms with E-state index < -0.39 is 0 Å². The van der Waals surface area contributed by atoms with Crippen molar-refractivity contribution in [2.75, 3.05) is 0 Å². The molecule has 0 aliphatic heterocycles. The van der Waals surface area contributed by atoms with Crippen molar-refractivity contribution in [2.45, 2.75) is 0 Å². The van der Waals surface area contributed by atoms with Gasteiger partial charge in [-0.05, 0) is 34.9 Å². The molecule has 3 aromatic rings. The van der Waals surface area contributed by atoms with E-state index in [9.17, 15) is 9.59 Å². The van der Waals surface area contributed by atoms with Crippen LogP contribution in [0, 0.1) is 0 Å². The summed E-state index contributed by atoms with van der Waals surface area (Å²) >= 11 is 0. The quantitative estimate of drug-likeness (QED) is 0.680. The van der Waals surface area contributed by atoms with E-state index in [1.165, 1.54) is 6.08 Å². The predicted octanol–water partition coefficient (Wildman–Crippen LogP) is 4.82. The van der Waals surface area contributed by atoms with E-state index in [1.54, 1.807) is 6.07 Å². The van der Waals surface area contributed by atoms with Crippen LogP contribution in [0.1, 0.15) is 26.3 Å². The van der Waals surface area contributed by atoms with Crippen LogP contribution in [0.3, 0.4) is 0 Å². The first-order chi connectivity index (χ1) is 11.7. The van der Waals surface area contributed by atoms with Gasteiger partial charge in [0, 0.05) is 16.7 Å². The molecule has 2 nitrogen and oxygen atoms in total. The normalized spacial score (nSPS) is 13.4. The highest BCUT2D eigenvalue weighted by Crippen LogP contribution is 2.30. The third-order valence-electron chi connectivity index (χ3n) is 4.24. The Bertz CT molecular complexity index is 967. The van der Waals surface area contributed by atoms with Crippen LogP contribution < -0.4 is 0 Å². The lowest BCUT2D eigenvalue weighted by Gasteiger charge is -2.16. The van der Waals surface area contributed by atoms with Crippen LogP contribution in [-0.2, 0) is 0 Å². The third kappa shape index (κ3) is 2.38. The van der Waals surface area contributed by atoms with Crippen molar-refractivity contribution in [1.82, 2.24) is 0 Å². The third-order valence-corrected chi connectivity index (χ3v) is 4.24. The molecule has 3 aromatic carbocycles. The molecule has 0 heterocycles. The number of carbonyl (C=O) groups is 2. The summed E-state index contributed by atoms with van der Waals surface area (Å²) in [5, 5.41) is 0. The van der Waals surface area contributed by atoms with Crippen LogP contribution >= 0.6 is 0 Å². The van der Waals surface area contributed by atoms with E-state index in [1.807, 2.05) is 72.8 Å². The van der Waals surface area contributed by atoms with Gasteiger partial charge < -0.3 is 0 Å². The topological polar surface area (TPSA) is 34.1 Å². The average molecular weight is 310 g/mol. The van der Waals surface area contributed by atoms with Gasteiger partial charge in [0.1, 0.15) is 0 Å². The van der Waals surface area contributed by atoms with Crippen LogP contribution in [0.15, 0.2) is 84.9 Å². The zero-order valence-electron chi connectivity index (χ0n) is 12.9. The van der Waals surface area contributed by atoms with Crippen molar-refractivity contribution < 1.29 is 9.59 Å². The van der Waals surface area contributed by atoms with Gasteiger partial charge in [-0.2, -0.15) is 0 Å². The highest BCUT2D eigenvalue weighted by atomic mass is 16.1. The fourth-order valence-electron chi connectivity index (χ4n) is 3.01. The number of hydrogen-bond donors (Lipinski definition) is 0. The highest BCUT2D eigenvalue weighted by Gasteiger charge is 2.26. The number of fused-ring (bicyclic) bond motifs is 1. The Morgan fingerprint density at radius 2 is 1.17 bits per heavy atom. The fraction of sp³-hybridized carbons (Fsp3) is 0. The second-order valence-corrected chi connectivity index (χ2v) is 5.74. The van der Waals surface area contributed by atoms with E-state index in [-0.39, 0.29) is 11.6 Å². The maximum absolute atomic E-state index is 12.8. The molecule has 0 fully saturated rings. The fourth-order valence-corrected chi connectivity index (χ4v) is 3.01. The number of rotatable bonds is 2. The second kappa shape index (κ2) is 5.74. The summed E-state index contributed by atoms with van der Waals surface area (Å²) in [6.45, 7) is 0. The molecule has 0 amide bonds. The van der Waals surface area contributed by atoms with E-state index in [0.29, 0.717) is 16.7 Å². The molecule has 1 aliphatic carbocycles. The van der Waals surface area contributed by atoms with Crippen LogP contribution in [0.5, 0.6) is 0 Å². The minimum absolute atomic E-state index is 0.101. The molecule has 24 heavy (non-hydrogen) atoms. The Balaban J connectivity index is 1.80. The lowest BCUT2D eigenvalue weighted by Crippen LogP contribution is -2.16. The SMILES string of the molecule is O=C1C=C(c2ccccc2)C(=O)c2ccc(-c3ccccc3)cc21. The Labute approximate surface area is 140 Å². The van der Waals surface area contributed by atoms with Crippen molar-refractivity contribution in [2.24, 2.45) is 0 Å². The van der Waals surface area contributed by atoms with Gasteiger partial charge in [0.25, 0.3) is 0 Å². The number of Topliss-reactive ketones (excluding diaryl/α,β-unsaturated/α-hetero) is 1. The minimum atomic E-state index is -0.124. The number of carbonyl (C=O) groups excluding carboxylic acids is 2. The molecule has 0 spiro atoms. The molecule has 0 atom stereocenters. The van der Waals surface area contributed by atoms with Gasteiger partial charge in [-0.3, -0.25) is 9.59 Å². The van der Waals surface area contributed by atoms with Crippen molar-refractivity contribution in [3.63, 3.8) is 0 Å². The van der Waals surface area contributed by atoms with E-state index in [4.69, 9.17) is 0 Å². The molecule has 4 rings (SSSR count). The lowest BCUT2D eigenvalue weighted by atomic mass is 9.85. The number of hydrogen-bond acceptors (Lipinski definition) is 2. The summed E-state index contributed by atoms with van der Waals surface area (Å²) in [5.74, 6) is -0.225. The van der Waals surface area contributed by atoms with Gasteiger partial charge in [0.05, 0.1) is 0 Å². The number of allylic oxidation sites excluding steroid dienone is 2. The zero-order chi connectivity index (χ0) is 16.5. The van der Waals surface area contributed by atoms with Gasteiger partial charge in [-0.1, -0.05) is 66.7 Å². The van der Waals surface area contributed by atoms with Crippen LogP contribution in [-0.4, -0.2) is 11.6 Å². The molecule has 1 aliphatic rings. The molecule has 0 aromatic heterocycles. The summed E-state index contributed by atoms with van der Waals surface area (Å²) in [7, 11) is 0. The highest BCUT2D eigenvalue weighted by molar-refractivity contribution is 6.38. The molecule has 114 valence electrons. The van der Waals surface area contributed by atoms with Gasteiger partial charge in [-0.15, -0.1) is 0 Å². The maximum atomic E-state index is 12.8. The monoisotopic (exact) mass is 310 g/mol. The lowest BCUT2D eigenvalue weighted by molar-refractivity contribution is 0.100. The summed E-state index contributed by atoms with van der Waals surface area (Å²) in [6, 6.07) is 24.6. The molecular weight excluding hydrogens is 296 g/mol. The largest absolute Gasteiger partial charge is 0.289 e. The van der Waals surface area contributed by atoms with E-state index in [0.717, 1.165) is 16.7 Å². The second-order valence-electron chi connectivity index (χ2n) is 5.74. The Morgan fingerprint density at radius 1 is 0.542 bits per heavy atom. The first kappa shape index (κ1) is 14.3. The van der Waals surface area contributed by atoms with E-state index in [2.05, 4.69) is 0 Å². The van der Waals surface area contributed by atoms with E-state index >= 15 is 0 Å². The Hall–Kier alpha value is -3.26. The summed E-state index contributed by atoms with van der Waals surface area (Å²) in [4.78, 5) is 25.4. The van der Waals surface area contributed by atoms with Gasteiger partial charge in [0.2, 0.25) is 0 Å². The smallest absolute Gasteiger partial charge is 0.194 e. The van der Waals surface area contributed by atoms with Crippen LogP contribution in [0.2, 0.25) is 0 Å². The van der Waals surface area contributed by atoms with Crippen molar-refractivity contribution in [3.05, 3.63) is 102 Å².